The second-order valence-electron chi connectivity index (χ2n) is 4.31. The Labute approximate surface area is 95.5 Å². The van der Waals surface area contributed by atoms with Gasteiger partial charge in [0.1, 0.15) is 0 Å². The standard InChI is InChI=1S/C11H17ClN2O/c1-7-5-6-13-10(12)9(7)14-8(2)11(3,4)15/h5-6,8,14-15H,1-4H3. The number of nitrogens with one attached hydrogen (secondary N) is 1. The van der Waals surface area contributed by atoms with Gasteiger partial charge in [-0.05, 0) is 39.3 Å². The van der Waals surface area contributed by atoms with E-state index in [0.29, 0.717) is 5.15 Å². The average Bonchev–Trinajstić information content (AvgIpc) is 2.09. The number of nitrogens with zero attached hydrogens (tertiary/aromatic N) is 1. The van der Waals surface area contributed by atoms with Crippen molar-refractivity contribution in [1.29, 1.82) is 0 Å². The van der Waals surface area contributed by atoms with Crippen molar-refractivity contribution in [3.05, 3.63) is 23.0 Å². The molecule has 15 heavy (non-hydrogen) atoms. The molecule has 0 bridgehead atoms. The minimum Gasteiger partial charge on any atom is -0.388 e. The van der Waals surface area contributed by atoms with Gasteiger partial charge in [-0.15, -0.1) is 0 Å². The second-order valence-corrected chi connectivity index (χ2v) is 4.67. The van der Waals surface area contributed by atoms with Gasteiger partial charge in [0, 0.05) is 6.20 Å². The summed E-state index contributed by atoms with van der Waals surface area (Å²) in [4.78, 5) is 4.00. The number of anilines is 1. The predicted octanol–water partition coefficient (Wildman–Crippen LogP) is 2.61. The minimum absolute atomic E-state index is 0.0992. The molecule has 84 valence electrons. The van der Waals surface area contributed by atoms with E-state index in [-0.39, 0.29) is 6.04 Å². The van der Waals surface area contributed by atoms with Crippen LogP contribution in [0.4, 0.5) is 5.69 Å². The zero-order valence-corrected chi connectivity index (χ0v) is 10.3. The first-order chi connectivity index (χ1) is 6.82. The van der Waals surface area contributed by atoms with Gasteiger partial charge in [0.2, 0.25) is 0 Å². The van der Waals surface area contributed by atoms with Crippen LogP contribution >= 0.6 is 11.6 Å². The summed E-state index contributed by atoms with van der Waals surface area (Å²) >= 11 is 5.97. The fraction of sp³-hybridized carbons (Fsp3) is 0.545. The summed E-state index contributed by atoms with van der Waals surface area (Å²) in [5.74, 6) is 0. The van der Waals surface area contributed by atoms with Crippen LogP contribution in [-0.2, 0) is 0 Å². The van der Waals surface area contributed by atoms with Gasteiger partial charge in [-0.2, -0.15) is 0 Å². The monoisotopic (exact) mass is 228 g/mol. The van der Waals surface area contributed by atoms with Gasteiger partial charge in [-0.3, -0.25) is 0 Å². The molecule has 0 radical (unpaired) electrons. The molecule has 0 aliphatic carbocycles. The molecule has 1 rings (SSSR count). The lowest BCUT2D eigenvalue weighted by atomic mass is 10.0. The number of halogens is 1. The molecular formula is C11H17ClN2O. The first-order valence-corrected chi connectivity index (χ1v) is 5.30. The first-order valence-electron chi connectivity index (χ1n) is 4.92. The molecule has 0 saturated heterocycles. The normalized spacial score (nSPS) is 13.7. The van der Waals surface area contributed by atoms with Crippen molar-refractivity contribution in [3.8, 4) is 0 Å². The number of rotatable bonds is 3. The van der Waals surface area contributed by atoms with E-state index in [4.69, 9.17) is 11.6 Å². The van der Waals surface area contributed by atoms with E-state index in [1.54, 1.807) is 20.0 Å². The maximum absolute atomic E-state index is 9.80. The molecule has 1 aromatic rings. The number of hydrogen-bond donors (Lipinski definition) is 2. The number of aryl methyl sites for hydroxylation is 1. The summed E-state index contributed by atoms with van der Waals surface area (Å²) in [5.41, 5.74) is 1.01. The molecule has 2 N–H and O–H groups in total. The number of aromatic nitrogens is 1. The Balaban J connectivity index is 2.90. The molecular weight excluding hydrogens is 212 g/mol. The van der Waals surface area contributed by atoms with Gasteiger partial charge >= 0.3 is 0 Å². The lowest BCUT2D eigenvalue weighted by Crippen LogP contribution is -2.39. The van der Waals surface area contributed by atoms with Crippen LogP contribution in [0.5, 0.6) is 0 Å². The summed E-state index contributed by atoms with van der Waals surface area (Å²) in [6.07, 6.45) is 1.66. The first kappa shape index (κ1) is 12.3. The quantitative estimate of drug-likeness (QED) is 0.782. The Bertz CT molecular complexity index is 327. The Hall–Kier alpha value is -0.800. The van der Waals surface area contributed by atoms with Crippen molar-refractivity contribution in [2.45, 2.75) is 39.3 Å². The maximum atomic E-state index is 9.80. The zero-order valence-electron chi connectivity index (χ0n) is 9.50. The molecule has 3 nitrogen and oxygen atoms in total. The molecule has 0 saturated carbocycles. The van der Waals surface area contributed by atoms with E-state index in [9.17, 15) is 5.11 Å². The summed E-state index contributed by atoms with van der Waals surface area (Å²) in [6.45, 7) is 7.37. The van der Waals surface area contributed by atoms with Crippen molar-refractivity contribution in [3.63, 3.8) is 0 Å². The third-order valence-electron chi connectivity index (χ3n) is 2.53. The summed E-state index contributed by atoms with van der Waals surface area (Å²) in [7, 11) is 0. The molecule has 1 aromatic heterocycles. The average molecular weight is 229 g/mol. The molecule has 0 aromatic carbocycles. The van der Waals surface area contributed by atoms with E-state index in [1.807, 2.05) is 19.9 Å². The molecule has 0 spiro atoms. The highest BCUT2D eigenvalue weighted by molar-refractivity contribution is 6.32. The SMILES string of the molecule is Cc1ccnc(Cl)c1NC(C)C(C)(C)O. The van der Waals surface area contributed by atoms with E-state index in [1.165, 1.54) is 0 Å². The third kappa shape index (κ3) is 3.08. The highest BCUT2D eigenvalue weighted by Gasteiger charge is 2.23. The highest BCUT2D eigenvalue weighted by atomic mass is 35.5. The van der Waals surface area contributed by atoms with Crippen molar-refractivity contribution in [2.24, 2.45) is 0 Å². The lowest BCUT2D eigenvalue weighted by Gasteiger charge is -2.28. The Morgan fingerprint density at radius 1 is 1.53 bits per heavy atom. The number of pyridine rings is 1. The van der Waals surface area contributed by atoms with Crippen LogP contribution in [0.3, 0.4) is 0 Å². The molecule has 0 aliphatic heterocycles. The van der Waals surface area contributed by atoms with Crippen LogP contribution in [0.15, 0.2) is 12.3 Å². The second kappa shape index (κ2) is 4.37. The van der Waals surface area contributed by atoms with Gasteiger partial charge in [-0.25, -0.2) is 4.98 Å². The third-order valence-corrected chi connectivity index (χ3v) is 2.82. The van der Waals surface area contributed by atoms with Crippen LogP contribution in [0.1, 0.15) is 26.3 Å². The Morgan fingerprint density at radius 2 is 2.13 bits per heavy atom. The zero-order chi connectivity index (χ0) is 11.6. The maximum Gasteiger partial charge on any atom is 0.152 e. The topological polar surface area (TPSA) is 45.2 Å². The number of hydrogen-bond acceptors (Lipinski definition) is 3. The summed E-state index contributed by atoms with van der Waals surface area (Å²) in [6, 6.07) is 1.78. The van der Waals surface area contributed by atoms with Gasteiger partial charge < -0.3 is 10.4 Å². The van der Waals surface area contributed by atoms with Crippen molar-refractivity contribution in [2.75, 3.05) is 5.32 Å². The van der Waals surface area contributed by atoms with Crippen molar-refractivity contribution >= 4 is 17.3 Å². The van der Waals surface area contributed by atoms with Crippen LogP contribution < -0.4 is 5.32 Å². The van der Waals surface area contributed by atoms with Crippen LogP contribution in [0.25, 0.3) is 0 Å². The fourth-order valence-corrected chi connectivity index (χ4v) is 1.35. The molecule has 0 amide bonds. The van der Waals surface area contributed by atoms with Gasteiger partial charge in [-0.1, -0.05) is 11.6 Å². The van der Waals surface area contributed by atoms with E-state index in [2.05, 4.69) is 10.3 Å². The smallest absolute Gasteiger partial charge is 0.152 e. The molecule has 1 atom stereocenters. The molecule has 4 heteroatoms. The van der Waals surface area contributed by atoms with Crippen LogP contribution in [-0.4, -0.2) is 21.7 Å². The summed E-state index contributed by atoms with van der Waals surface area (Å²) < 4.78 is 0. The van der Waals surface area contributed by atoms with E-state index < -0.39 is 5.60 Å². The Morgan fingerprint density at radius 3 is 2.60 bits per heavy atom. The van der Waals surface area contributed by atoms with Crippen molar-refractivity contribution < 1.29 is 5.11 Å². The van der Waals surface area contributed by atoms with E-state index >= 15 is 0 Å². The lowest BCUT2D eigenvalue weighted by molar-refractivity contribution is 0.0649. The van der Waals surface area contributed by atoms with Crippen molar-refractivity contribution in [1.82, 2.24) is 4.98 Å². The highest BCUT2D eigenvalue weighted by Crippen LogP contribution is 2.25. The molecule has 1 heterocycles. The fourth-order valence-electron chi connectivity index (χ4n) is 1.09. The predicted molar refractivity (Wildman–Crippen MR) is 63.4 cm³/mol. The molecule has 0 aliphatic rings. The van der Waals surface area contributed by atoms with Gasteiger partial charge in [0.05, 0.1) is 17.3 Å². The summed E-state index contributed by atoms with van der Waals surface area (Å²) in [5, 5.41) is 13.4. The van der Waals surface area contributed by atoms with Crippen LogP contribution in [0.2, 0.25) is 5.15 Å². The number of aliphatic hydroxyl groups is 1. The van der Waals surface area contributed by atoms with Gasteiger partial charge in [0.15, 0.2) is 5.15 Å². The Kier molecular flexibility index (Phi) is 3.58. The minimum atomic E-state index is -0.800. The molecule has 1 unspecified atom stereocenters. The molecule has 0 fully saturated rings. The van der Waals surface area contributed by atoms with E-state index in [0.717, 1.165) is 11.3 Å². The van der Waals surface area contributed by atoms with Gasteiger partial charge in [0.25, 0.3) is 0 Å². The van der Waals surface area contributed by atoms with Crippen LogP contribution in [0, 0.1) is 6.92 Å². The largest absolute Gasteiger partial charge is 0.388 e.